The van der Waals surface area contributed by atoms with Crippen molar-refractivity contribution in [2.75, 3.05) is 6.54 Å². The molecule has 3 heteroatoms. The first-order valence-corrected chi connectivity index (χ1v) is 3.52. The summed E-state index contributed by atoms with van der Waals surface area (Å²) in [6, 6.07) is 0. The maximum Gasteiger partial charge on any atom is 0.0957 e. The van der Waals surface area contributed by atoms with Crippen molar-refractivity contribution in [2.45, 2.75) is 13.1 Å². The van der Waals surface area contributed by atoms with E-state index >= 15 is 0 Å². The van der Waals surface area contributed by atoms with Gasteiger partial charge in [-0.3, -0.25) is 0 Å². The third kappa shape index (κ3) is 0.827. The normalized spacial score (nSPS) is 24.3. The first-order valence-electron chi connectivity index (χ1n) is 3.52. The third-order valence-corrected chi connectivity index (χ3v) is 1.94. The molecule has 0 saturated heterocycles. The SMILES string of the molecule is [CH2-][NH+]1CCn2cncc2C1. The fraction of sp³-hybridized carbons (Fsp3) is 0.429. The molecule has 1 atom stereocenters. The standard InChI is InChI=1S/C7H11N3/c1-9-2-3-10-6-8-4-7(10)5-9/h4,6,9H,1-3,5H2. The van der Waals surface area contributed by atoms with Gasteiger partial charge in [0.05, 0.1) is 37.9 Å². The zero-order chi connectivity index (χ0) is 6.97. The van der Waals surface area contributed by atoms with Gasteiger partial charge in [0, 0.05) is 0 Å². The maximum atomic E-state index is 4.06. The number of nitrogens with one attached hydrogen (secondary N) is 1. The van der Waals surface area contributed by atoms with Gasteiger partial charge in [-0.05, 0) is 0 Å². The maximum absolute atomic E-state index is 4.06. The second-order valence-electron chi connectivity index (χ2n) is 2.76. The summed E-state index contributed by atoms with van der Waals surface area (Å²) in [7, 11) is 3.95. The van der Waals surface area contributed by atoms with Crippen molar-refractivity contribution in [3.63, 3.8) is 0 Å². The molecule has 2 rings (SSSR count). The highest BCUT2D eigenvalue weighted by Gasteiger charge is 2.11. The minimum Gasteiger partial charge on any atom is -0.461 e. The Balaban J connectivity index is 2.30. The number of hydrogen-bond acceptors (Lipinski definition) is 1. The van der Waals surface area contributed by atoms with E-state index < -0.39 is 0 Å². The van der Waals surface area contributed by atoms with Gasteiger partial charge in [-0.2, -0.15) is 7.05 Å². The van der Waals surface area contributed by atoms with Crippen molar-refractivity contribution in [1.29, 1.82) is 0 Å². The van der Waals surface area contributed by atoms with E-state index in [9.17, 15) is 0 Å². The van der Waals surface area contributed by atoms with Gasteiger partial charge in [-0.15, -0.1) is 0 Å². The summed E-state index contributed by atoms with van der Waals surface area (Å²) in [6.45, 7) is 3.19. The zero-order valence-electron chi connectivity index (χ0n) is 5.88. The van der Waals surface area contributed by atoms with E-state index in [2.05, 4.69) is 16.6 Å². The lowest BCUT2D eigenvalue weighted by molar-refractivity contribution is -0.872. The second kappa shape index (κ2) is 2.09. The average molecular weight is 137 g/mol. The lowest BCUT2D eigenvalue weighted by Crippen LogP contribution is -3.06. The van der Waals surface area contributed by atoms with Crippen LogP contribution >= 0.6 is 0 Å². The summed E-state index contributed by atoms with van der Waals surface area (Å²) < 4.78 is 2.19. The lowest BCUT2D eigenvalue weighted by atomic mass is 10.3. The predicted octanol–water partition coefficient (Wildman–Crippen LogP) is -0.927. The van der Waals surface area contributed by atoms with E-state index in [-0.39, 0.29) is 0 Å². The smallest absolute Gasteiger partial charge is 0.0957 e. The average Bonchev–Trinajstić information content (AvgIpc) is 2.33. The Labute approximate surface area is 60.3 Å². The first kappa shape index (κ1) is 5.92. The van der Waals surface area contributed by atoms with Gasteiger partial charge in [-0.1, -0.05) is 0 Å². The van der Waals surface area contributed by atoms with Gasteiger partial charge in [0.2, 0.25) is 0 Å². The van der Waals surface area contributed by atoms with Crippen molar-refractivity contribution >= 4 is 0 Å². The number of rotatable bonds is 0. The van der Waals surface area contributed by atoms with Crippen molar-refractivity contribution in [3.8, 4) is 0 Å². The molecule has 0 aromatic carbocycles. The van der Waals surface area contributed by atoms with Crippen LogP contribution in [0.25, 0.3) is 0 Å². The molecule has 10 heavy (non-hydrogen) atoms. The summed E-state index contributed by atoms with van der Waals surface area (Å²) in [5.41, 5.74) is 1.30. The molecule has 54 valence electrons. The topological polar surface area (TPSA) is 22.3 Å². The van der Waals surface area contributed by atoms with Crippen LogP contribution < -0.4 is 4.90 Å². The molecule has 1 unspecified atom stereocenters. The van der Waals surface area contributed by atoms with Crippen molar-refractivity contribution in [1.82, 2.24) is 9.55 Å². The molecule has 1 aliphatic rings. The predicted molar refractivity (Wildman–Crippen MR) is 37.1 cm³/mol. The zero-order valence-corrected chi connectivity index (χ0v) is 5.88. The molecule has 0 bridgehead atoms. The summed E-state index contributed by atoms with van der Waals surface area (Å²) in [4.78, 5) is 5.39. The molecule has 1 aliphatic heterocycles. The molecule has 1 aromatic rings. The van der Waals surface area contributed by atoms with Gasteiger partial charge in [0.15, 0.2) is 0 Å². The molecular formula is C7H11N3. The van der Waals surface area contributed by atoms with Gasteiger partial charge in [0.1, 0.15) is 0 Å². The monoisotopic (exact) mass is 137 g/mol. The number of fused-ring (bicyclic) bond motifs is 1. The van der Waals surface area contributed by atoms with E-state index in [1.54, 1.807) is 0 Å². The highest BCUT2D eigenvalue weighted by Crippen LogP contribution is 1.98. The van der Waals surface area contributed by atoms with E-state index in [4.69, 9.17) is 0 Å². The minimum absolute atomic E-state index is 1.01. The summed E-state index contributed by atoms with van der Waals surface area (Å²) in [5.74, 6) is 0. The molecule has 0 fully saturated rings. The Hall–Kier alpha value is -0.830. The quantitative estimate of drug-likeness (QED) is 0.459. The first-order chi connectivity index (χ1) is 4.86. The Morgan fingerprint density at radius 1 is 1.70 bits per heavy atom. The van der Waals surface area contributed by atoms with Gasteiger partial charge >= 0.3 is 0 Å². The number of quaternary nitrogens is 1. The van der Waals surface area contributed by atoms with Gasteiger partial charge < -0.3 is 9.47 Å². The van der Waals surface area contributed by atoms with E-state index in [1.807, 2.05) is 12.5 Å². The molecule has 0 amide bonds. The Morgan fingerprint density at radius 3 is 3.50 bits per heavy atom. The van der Waals surface area contributed by atoms with Crippen LogP contribution in [0.2, 0.25) is 0 Å². The van der Waals surface area contributed by atoms with E-state index in [1.165, 1.54) is 10.6 Å². The van der Waals surface area contributed by atoms with Crippen molar-refractivity contribution in [2.24, 2.45) is 0 Å². The molecule has 0 aliphatic carbocycles. The van der Waals surface area contributed by atoms with Gasteiger partial charge in [-0.25, -0.2) is 4.98 Å². The van der Waals surface area contributed by atoms with Gasteiger partial charge in [0.25, 0.3) is 0 Å². The van der Waals surface area contributed by atoms with Crippen molar-refractivity contribution in [3.05, 3.63) is 25.3 Å². The number of hydrogen-bond donors (Lipinski definition) is 1. The third-order valence-electron chi connectivity index (χ3n) is 1.94. The number of imidazole rings is 1. The fourth-order valence-corrected chi connectivity index (χ4v) is 1.32. The molecule has 0 spiro atoms. The van der Waals surface area contributed by atoms with Crippen LogP contribution in [-0.4, -0.2) is 16.1 Å². The van der Waals surface area contributed by atoms with Crippen LogP contribution in [0.1, 0.15) is 5.69 Å². The molecular weight excluding hydrogens is 126 g/mol. The van der Waals surface area contributed by atoms with Crippen LogP contribution in [0.5, 0.6) is 0 Å². The summed E-state index contributed by atoms with van der Waals surface area (Å²) in [6.07, 6.45) is 3.81. The van der Waals surface area contributed by atoms with Crippen molar-refractivity contribution < 1.29 is 4.90 Å². The molecule has 3 nitrogen and oxygen atoms in total. The Bertz CT molecular complexity index is 229. The largest absolute Gasteiger partial charge is 0.461 e. The van der Waals surface area contributed by atoms with Crippen LogP contribution in [0.3, 0.4) is 0 Å². The molecule has 0 radical (unpaired) electrons. The minimum atomic E-state index is 1.01. The Kier molecular flexibility index (Phi) is 1.24. The molecule has 2 heterocycles. The molecule has 0 saturated carbocycles. The van der Waals surface area contributed by atoms with Crippen LogP contribution in [0.15, 0.2) is 12.5 Å². The highest BCUT2D eigenvalue weighted by molar-refractivity contribution is 4.96. The summed E-state index contributed by atoms with van der Waals surface area (Å²) >= 11 is 0. The number of aromatic nitrogens is 2. The number of nitrogens with zero attached hydrogens (tertiary/aromatic N) is 2. The van der Waals surface area contributed by atoms with Crippen LogP contribution in [0.4, 0.5) is 0 Å². The molecule has 1 aromatic heterocycles. The van der Waals surface area contributed by atoms with E-state index in [0.717, 1.165) is 19.6 Å². The Morgan fingerprint density at radius 2 is 2.60 bits per heavy atom. The van der Waals surface area contributed by atoms with Crippen LogP contribution in [-0.2, 0) is 13.1 Å². The summed E-state index contributed by atoms with van der Waals surface area (Å²) in [5, 5.41) is 0. The molecule has 1 N–H and O–H groups in total. The highest BCUT2D eigenvalue weighted by atomic mass is 15.2. The van der Waals surface area contributed by atoms with Crippen LogP contribution in [0, 0.1) is 7.05 Å². The lowest BCUT2D eigenvalue weighted by Gasteiger charge is -2.26. The van der Waals surface area contributed by atoms with E-state index in [0.29, 0.717) is 0 Å². The second-order valence-corrected chi connectivity index (χ2v) is 2.76. The fourth-order valence-electron chi connectivity index (χ4n) is 1.32.